The zero-order valence-corrected chi connectivity index (χ0v) is 10.1. The van der Waals surface area contributed by atoms with Gasteiger partial charge < -0.3 is 4.74 Å². The third-order valence-corrected chi connectivity index (χ3v) is 3.07. The Balaban J connectivity index is 2.32. The molecule has 0 aromatic heterocycles. The molecule has 0 aliphatic rings. The largest absolute Gasteiger partial charge is 0.494 e. The third-order valence-electron chi connectivity index (χ3n) is 1.60. The van der Waals surface area contributed by atoms with Crippen molar-refractivity contribution in [2.45, 2.75) is 6.42 Å². The van der Waals surface area contributed by atoms with Gasteiger partial charge in [-0.15, -0.1) is 0 Å². The molecule has 0 atom stereocenters. The molecule has 0 radical (unpaired) electrons. The average molecular weight is 269 g/mol. The van der Waals surface area contributed by atoms with Crippen molar-refractivity contribution in [3.8, 4) is 5.75 Å². The molecule has 1 aromatic carbocycles. The second-order valence-corrected chi connectivity index (χ2v) is 6.24. The quantitative estimate of drug-likeness (QED) is 0.609. The summed E-state index contributed by atoms with van der Waals surface area (Å²) in [6.45, 7) is 0.298. The van der Waals surface area contributed by atoms with Crippen LogP contribution in [0.3, 0.4) is 0 Å². The SMILES string of the molecule is O=S(=O)(Cl)CCCOc1cccc(Cl)c1. The molecule has 0 aliphatic heterocycles. The maximum atomic E-state index is 10.6. The van der Waals surface area contributed by atoms with Gasteiger partial charge in [-0.1, -0.05) is 17.7 Å². The molecular formula is C9H10Cl2O3S. The molecule has 1 rings (SSSR count). The molecule has 1 aromatic rings. The minimum atomic E-state index is -3.42. The molecule has 0 fully saturated rings. The topological polar surface area (TPSA) is 43.4 Å². The van der Waals surface area contributed by atoms with Gasteiger partial charge in [0, 0.05) is 15.7 Å². The van der Waals surface area contributed by atoms with Crippen LogP contribution in [0.4, 0.5) is 0 Å². The summed E-state index contributed by atoms with van der Waals surface area (Å²) in [6, 6.07) is 6.91. The van der Waals surface area contributed by atoms with Crippen LogP contribution in [0.15, 0.2) is 24.3 Å². The number of halogens is 2. The van der Waals surface area contributed by atoms with Crippen LogP contribution < -0.4 is 4.74 Å². The Bertz CT molecular complexity index is 417. The van der Waals surface area contributed by atoms with Crippen molar-refractivity contribution in [3.05, 3.63) is 29.3 Å². The smallest absolute Gasteiger partial charge is 0.232 e. The first kappa shape index (κ1) is 12.6. The molecule has 0 bridgehead atoms. The highest BCUT2D eigenvalue weighted by atomic mass is 35.7. The van der Waals surface area contributed by atoms with E-state index in [1.165, 1.54) is 0 Å². The van der Waals surface area contributed by atoms with Crippen LogP contribution in [-0.2, 0) is 9.05 Å². The molecule has 0 amide bonds. The Morgan fingerprint density at radius 2 is 2.07 bits per heavy atom. The number of rotatable bonds is 5. The fourth-order valence-corrected chi connectivity index (χ4v) is 1.95. The summed E-state index contributed by atoms with van der Waals surface area (Å²) in [5, 5.41) is 0.581. The first-order chi connectivity index (χ1) is 6.97. The van der Waals surface area contributed by atoms with Gasteiger partial charge in [0.15, 0.2) is 0 Å². The van der Waals surface area contributed by atoms with Crippen LogP contribution in [0.5, 0.6) is 5.75 Å². The molecule has 0 unspecified atom stereocenters. The number of hydrogen-bond acceptors (Lipinski definition) is 3. The van der Waals surface area contributed by atoms with Crippen LogP contribution >= 0.6 is 22.3 Å². The van der Waals surface area contributed by atoms with Gasteiger partial charge in [-0.3, -0.25) is 0 Å². The van der Waals surface area contributed by atoms with Crippen molar-refractivity contribution in [1.29, 1.82) is 0 Å². The molecular weight excluding hydrogens is 259 g/mol. The number of hydrogen-bond donors (Lipinski definition) is 0. The van der Waals surface area contributed by atoms with E-state index < -0.39 is 9.05 Å². The number of benzene rings is 1. The molecule has 0 saturated carbocycles. The van der Waals surface area contributed by atoms with Gasteiger partial charge in [0.25, 0.3) is 0 Å². The molecule has 0 spiro atoms. The Labute approximate surface area is 98.4 Å². The fraction of sp³-hybridized carbons (Fsp3) is 0.333. The highest BCUT2D eigenvalue weighted by Gasteiger charge is 2.04. The van der Waals surface area contributed by atoms with Crippen LogP contribution in [0.25, 0.3) is 0 Å². The minimum Gasteiger partial charge on any atom is -0.494 e. The monoisotopic (exact) mass is 268 g/mol. The minimum absolute atomic E-state index is 0.0882. The average Bonchev–Trinajstić information content (AvgIpc) is 2.11. The van der Waals surface area contributed by atoms with E-state index in [1.54, 1.807) is 24.3 Å². The highest BCUT2D eigenvalue weighted by molar-refractivity contribution is 8.13. The van der Waals surface area contributed by atoms with E-state index in [-0.39, 0.29) is 5.75 Å². The van der Waals surface area contributed by atoms with Crippen LogP contribution in [0, 0.1) is 0 Å². The molecule has 0 heterocycles. The fourth-order valence-electron chi connectivity index (χ4n) is 0.978. The molecule has 0 aliphatic carbocycles. The second kappa shape index (κ2) is 5.58. The van der Waals surface area contributed by atoms with Gasteiger partial charge >= 0.3 is 0 Å². The van der Waals surface area contributed by atoms with Crippen LogP contribution in [0.2, 0.25) is 5.02 Å². The van der Waals surface area contributed by atoms with Gasteiger partial charge in [-0.05, 0) is 24.6 Å². The summed E-state index contributed by atoms with van der Waals surface area (Å²) in [5.41, 5.74) is 0. The van der Waals surface area contributed by atoms with Gasteiger partial charge in [0.1, 0.15) is 5.75 Å². The molecule has 0 N–H and O–H groups in total. The van der Waals surface area contributed by atoms with Crippen molar-refractivity contribution in [2.24, 2.45) is 0 Å². The predicted molar refractivity (Wildman–Crippen MR) is 61.2 cm³/mol. The van der Waals surface area contributed by atoms with E-state index in [0.717, 1.165) is 0 Å². The van der Waals surface area contributed by atoms with Crippen molar-refractivity contribution < 1.29 is 13.2 Å². The lowest BCUT2D eigenvalue weighted by Crippen LogP contribution is -2.04. The zero-order chi connectivity index (χ0) is 11.3. The van der Waals surface area contributed by atoms with Gasteiger partial charge in [0.05, 0.1) is 12.4 Å². The molecule has 6 heteroatoms. The van der Waals surface area contributed by atoms with E-state index in [2.05, 4.69) is 0 Å². The Kier molecular flexibility index (Phi) is 4.70. The van der Waals surface area contributed by atoms with Crippen LogP contribution in [-0.4, -0.2) is 20.8 Å². The maximum absolute atomic E-state index is 10.6. The van der Waals surface area contributed by atoms with E-state index >= 15 is 0 Å². The third kappa shape index (κ3) is 5.87. The Morgan fingerprint density at radius 3 is 2.67 bits per heavy atom. The van der Waals surface area contributed by atoms with Crippen LogP contribution in [0.1, 0.15) is 6.42 Å². The molecule has 3 nitrogen and oxygen atoms in total. The standard InChI is InChI=1S/C9H10Cl2O3S/c10-8-3-1-4-9(7-8)14-5-2-6-15(11,12)13/h1,3-4,7H,2,5-6H2. The Hall–Kier alpha value is -0.450. The lowest BCUT2D eigenvalue weighted by molar-refractivity contribution is 0.318. The van der Waals surface area contributed by atoms with Crippen molar-refractivity contribution >= 4 is 31.3 Å². The van der Waals surface area contributed by atoms with Gasteiger partial charge in [-0.2, -0.15) is 0 Å². The second-order valence-electron chi connectivity index (χ2n) is 2.90. The van der Waals surface area contributed by atoms with E-state index in [9.17, 15) is 8.42 Å². The maximum Gasteiger partial charge on any atom is 0.232 e. The molecule has 15 heavy (non-hydrogen) atoms. The summed E-state index contributed by atoms with van der Waals surface area (Å²) in [4.78, 5) is 0. The summed E-state index contributed by atoms with van der Waals surface area (Å²) < 4.78 is 26.4. The first-order valence-electron chi connectivity index (χ1n) is 4.28. The van der Waals surface area contributed by atoms with Crippen molar-refractivity contribution in [3.63, 3.8) is 0 Å². The molecule has 84 valence electrons. The van der Waals surface area contributed by atoms with Crippen molar-refractivity contribution in [2.75, 3.05) is 12.4 Å². The highest BCUT2D eigenvalue weighted by Crippen LogP contribution is 2.17. The van der Waals surface area contributed by atoms with Gasteiger partial charge in [0.2, 0.25) is 9.05 Å². The van der Waals surface area contributed by atoms with E-state index in [4.69, 9.17) is 27.0 Å². The lowest BCUT2D eigenvalue weighted by atomic mass is 10.3. The zero-order valence-electron chi connectivity index (χ0n) is 7.82. The molecule has 0 saturated heterocycles. The van der Waals surface area contributed by atoms with Gasteiger partial charge in [-0.25, -0.2) is 8.42 Å². The number of ether oxygens (including phenoxy) is 1. The summed E-state index contributed by atoms with van der Waals surface area (Å²) in [7, 11) is 1.62. The Morgan fingerprint density at radius 1 is 1.33 bits per heavy atom. The first-order valence-corrected chi connectivity index (χ1v) is 7.14. The summed E-state index contributed by atoms with van der Waals surface area (Å²) >= 11 is 5.73. The van der Waals surface area contributed by atoms with E-state index in [0.29, 0.717) is 23.8 Å². The normalized spacial score (nSPS) is 11.3. The lowest BCUT2D eigenvalue weighted by Gasteiger charge is -2.04. The predicted octanol–water partition coefficient (Wildman–Crippen LogP) is 2.68. The van der Waals surface area contributed by atoms with E-state index in [1.807, 2.05) is 0 Å². The summed E-state index contributed by atoms with van der Waals surface area (Å²) in [6.07, 6.45) is 0.359. The summed E-state index contributed by atoms with van der Waals surface area (Å²) in [5.74, 6) is 0.532. The van der Waals surface area contributed by atoms with Crippen molar-refractivity contribution in [1.82, 2.24) is 0 Å².